The largest absolute Gasteiger partial charge is 0.486 e. The molecule has 0 amide bonds. The summed E-state index contributed by atoms with van der Waals surface area (Å²) in [6.45, 7) is 2.57. The Bertz CT molecular complexity index is 1130. The minimum atomic E-state index is -3.97. The smallest absolute Gasteiger partial charge is 0.264 e. The molecule has 30 heavy (non-hydrogen) atoms. The number of aliphatic hydroxyl groups is 1. The van der Waals surface area contributed by atoms with E-state index in [0.717, 1.165) is 5.56 Å². The molecule has 0 saturated carbocycles. The van der Waals surface area contributed by atoms with Crippen LogP contribution in [0.15, 0.2) is 77.7 Å². The van der Waals surface area contributed by atoms with Crippen molar-refractivity contribution < 1.29 is 23.0 Å². The van der Waals surface area contributed by atoms with Gasteiger partial charge in [0, 0.05) is 6.07 Å². The van der Waals surface area contributed by atoms with E-state index in [0.29, 0.717) is 36.0 Å². The molecule has 156 valence electrons. The van der Waals surface area contributed by atoms with Gasteiger partial charge in [-0.05, 0) is 42.3 Å². The summed E-state index contributed by atoms with van der Waals surface area (Å²) in [5.41, 5.74) is 2.05. The fourth-order valence-corrected chi connectivity index (χ4v) is 4.85. The monoisotopic (exact) mass is 425 g/mol. The molecule has 1 N–H and O–H groups in total. The molecular weight excluding hydrogens is 402 g/mol. The Labute approximate surface area is 176 Å². The van der Waals surface area contributed by atoms with Crippen molar-refractivity contribution in [3.05, 3.63) is 83.9 Å². The summed E-state index contributed by atoms with van der Waals surface area (Å²) in [5.74, 6) is 0.918. The average Bonchev–Trinajstić information content (AvgIpc) is 2.77. The van der Waals surface area contributed by atoms with Gasteiger partial charge in [0.2, 0.25) is 0 Å². The second-order valence-corrected chi connectivity index (χ2v) is 8.97. The van der Waals surface area contributed by atoms with Crippen molar-refractivity contribution in [2.45, 2.75) is 17.9 Å². The van der Waals surface area contributed by atoms with Crippen LogP contribution in [0.2, 0.25) is 0 Å². The molecule has 0 aromatic heterocycles. The molecule has 1 aliphatic rings. The van der Waals surface area contributed by atoms with Crippen LogP contribution in [0, 0.1) is 6.92 Å². The molecule has 0 radical (unpaired) electrons. The van der Waals surface area contributed by atoms with Crippen LogP contribution in [-0.4, -0.2) is 33.3 Å². The molecule has 7 heteroatoms. The third kappa shape index (κ3) is 4.13. The second-order valence-electron chi connectivity index (χ2n) is 7.11. The van der Waals surface area contributed by atoms with Gasteiger partial charge in [0.1, 0.15) is 13.2 Å². The van der Waals surface area contributed by atoms with E-state index < -0.39 is 16.1 Å². The van der Waals surface area contributed by atoms with Crippen molar-refractivity contribution in [1.29, 1.82) is 0 Å². The quantitative estimate of drug-likeness (QED) is 0.652. The molecule has 0 fully saturated rings. The summed E-state index contributed by atoms with van der Waals surface area (Å²) in [6, 6.07) is 20.8. The minimum Gasteiger partial charge on any atom is -0.486 e. The molecular formula is C23H23NO5S. The third-order valence-corrected chi connectivity index (χ3v) is 6.70. The first-order valence-corrected chi connectivity index (χ1v) is 11.1. The maximum Gasteiger partial charge on any atom is 0.264 e. The number of rotatable bonds is 6. The van der Waals surface area contributed by atoms with Gasteiger partial charge in [-0.25, -0.2) is 8.42 Å². The summed E-state index contributed by atoms with van der Waals surface area (Å²) < 4.78 is 39.5. The maximum absolute atomic E-state index is 13.6. The number of benzene rings is 3. The third-order valence-electron chi connectivity index (χ3n) is 4.91. The summed E-state index contributed by atoms with van der Waals surface area (Å²) >= 11 is 0. The van der Waals surface area contributed by atoms with E-state index in [4.69, 9.17) is 9.47 Å². The first-order valence-electron chi connectivity index (χ1n) is 9.67. The van der Waals surface area contributed by atoms with E-state index in [-0.39, 0.29) is 11.4 Å². The van der Waals surface area contributed by atoms with Crippen LogP contribution in [0.1, 0.15) is 17.2 Å². The lowest BCUT2D eigenvalue weighted by Gasteiger charge is -2.28. The Morgan fingerprint density at radius 3 is 2.40 bits per heavy atom. The molecule has 1 atom stereocenters. The number of hydrogen-bond donors (Lipinski definition) is 1. The Balaban J connectivity index is 1.74. The lowest BCUT2D eigenvalue weighted by molar-refractivity contribution is 0.171. The highest BCUT2D eigenvalue weighted by molar-refractivity contribution is 7.92. The van der Waals surface area contributed by atoms with Crippen LogP contribution in [0.4, 0.5) is 5.69 Å². The number of anilines is 1. The molecule has 0 bridgehead atoms. The Kier molecular flexibility index (Phi) is 5.65. The van der Waals surface area contributed by atoms with E-state index in [9.17, 15) is 13.5 Å². The Morgan fingerprint density at radius 1 is 0.933 bits per heavy atom. The van der Waals surface area contributed by atoms with Crippen LogP contribution in [0.3, 0.4) is 0 Å². The zero-order chi connectivity index (χ0) is 21.1. The van der Waals surface area contributed by atoms with E-state index >= 15 is 0 Å². The zero-order valence-electron chi connectivity index (χ0n) is 16.6. The van der Waals surface area contributed by atoms with Crippen molar-refractivity contribution in [2.75, 3.05) is 24.1 Å². The van der Waals surface area contributed by atoms with Crippen LogP contribution in [-0.2, 0) is 10.0 Å². The Morgan fingerprint density at radius 2 is 1.67 bits per heavy atom. The lowest BCUT2D eigenvalue weighted by atomic mass is 10.1. The molecule has 1 unspecified atom stereocenters. The van der Waals surface area contributed by atoms with Crippen LogP contribution in [0.25, 0.3) is 0 Å². The Hall–Kier alpha value is -3.03. The van der Waals surface area contributed by atoms with Crippen LogP contribution < -0.4 is 13.8 Å². The normalized spacial score (nSPS) is 14.2. The number of fused-ring (bicyclic) bond motifs is 1. The number of hydrogen-bond acceptors (Lipinski definition) is 5. The van der Waals surface area contributed by atoms with Crippen molar-refractivity contribution >= 4 is 15.7 Å². The summed E-state index contributed by atoms with van der Waals surface area (Å²) in [7, 11) is -3.97. The van der Waals surface area contributed by atoms with Crippen molar-refractivity contribution in [3.8, 4) is 11.5 Å². The van der Waals surface area contributed by atoms with E-state index in [1.54, 1.807) is 36.4 Å². The second kappa shape index (κ2) is 8.38. The summed E-state index contributed by atoms with van der Waals surface area (Å²) in [4.78, 5) is 0.0773. The van der Waals surface area contributed by atoms with Gasteiger partial charge in [0.15, 0.2) is 11.5 Å². The average molecular weight is 426 g/mol. The minimum absolute atomic E-state index is 0.0773. The summed E-state index contributed by atoms with van der Waals surface area (Å²) in [6.07, 6.45) is -0.987. The number of aryl methyl sites for hydroxylation is 1. The van der Waals surface area contributed by atoms with Gasteiger partial charge in [-0.2, -0.15) is 0 Å². The molecule has 0 spiro atoms. The molecule has 3 aromatic rings. The maximum atomic E-state index is 13.6. The number of sulfonamides is 1. The van der Waals surface area contributed by atoms with Crippen molar-refractivity contribution in [1.82, 2.24) is 0 Å². The van der Waals surface area contributed by atoms with Gasteiger partial charge in [-0.1, -0.05) is 42.5 Å². The molecule has 3 aromatic carbocycles. The predicted octanol–water partition coefficient (Wildman–Crippen LogP) is 3.70. The van der Waals surface area contributed by atoms with E-state index in [1.807, 2.05) is 31.2 Å². The van der Waals surface area contributed by atoms with Crippen molar-refractivity contribution in [2.24, 2.45) is 0 Å². The molecule has 0 aliphatic carbocycles. The standard InChI is InChI=1S/C23H23NO5S/c1-17-6-5-9-19(14-17)24(16-21(25)18-7-3-2-4-8-18)30(26,27)20-10-11-22-23(15-20)29-13-12-28-22/h2-11,14-15,21,25H,12-13,16H2,1H3. The predicted molar refractivity (Wildman–Crippen MR) is 115 cm³/mol. The lowest BCUT2D eigenvalue weighted by Crippen LogP contribution is -2.35. The molecule has 6 nitrogen and oxygen atoms in total. The number of ether oxygens (including phenoxy) is 2. The molecule has 1 aliphatic heterocycles. The molecule has 1 heterocycles. The van der Waals surface area contributed by atoms with E-state index in [1.165, 1.54) is 16.4 Å². The number of nitrogens with zero attached hydrogens (tertiary/aromatic N) is 1. The number of aliphatic hydroxyl groups excluding tert-OH is 1. The SMILES string of the molecule is Cc1cccc(N(CC(O)c2ccccc2)S(=O)(=O)c2ccc3c(c2)OCCO3)c1. The zero-order valence-corrected chi connectivity index (χ0v) is 17.4. The molecule has 0 saturated heterocycles. The van der Waals surface area contributed by atoms with Crippen molar-refractivity contribution in [3.63, 3.8) is 0 Å². The fourth-order valence-electron chi connectivity index (χ4n) is 3.37. The van der Waals surface area contributed by atoms with E-state index in [2.05, 4.69) is 0 Å². The van der Waals surface area contributed by atoms with Gasteiger partial charge in [-0.15, -0.1) is 0 Å². The highest BCUT2D eigenvalue weighted by Gasteiger charge is 2.29. The van der Waals surface area contributed by atoms with Gasteiger partial charge < -0.3 is 14.6 Å². The van der Waals surface area contributed by atoms with Gasteiger partial charge >= 0.3 is 0 Å². The first kappa shape index (κ1) is 20.3. The fraction of sp³-hybridized carbons (Fsp3) is 0.217. The van der Waals surface area contributed by atoms with Gasteiger partial charge in [-0.3, -0.25) is 4.31 Å². The van der Waals surface area contributed by atoms with Crippen LogP contribution in [0.5, 0.6) is 11.5 Å². The topological polar surface area (TPSA) is 76.1 Å². The van der Waals surface area contributed by atoms with Crippen LogP contribution >= 0.6 is 0 Å². The highest BCUT2D eigenvalue weighted by atomic mass is 32.2. The first-order chi connectivity index (χ1) is 14.4. The van der Waals surface area contributed by atoms with Gasteiger partial charge in [0.05, 0.1) is 23.2 Å². The highest BCUT2D eigenvalue weighted by Crippen LogP contribution is 2.35. The summed E-state index contributed by atoms with van der Waals surface area (Å²) in [5, 5.41) is 10.8. The van der Waals surface area contributed by atoms with Gasteiger partial charge in [0.25, 0.3) is 10.0 Å². The molecule has 4 rings (SSSR count).